The number of benzene rings is 2. The first-order valence-corrected chi connectivity index (χ1v) is 7.80. The first-order chi connectivity index (χ1) is 12.8. The molecule has 0 heterocycles. The van der Waals surface area contributed by atoms with E-state index in [1.807, 2.05) is 0 Å². The average molecular weight is 376 g/mol. The molecule has 0 bridgehead atoms. The van der Waals surface area contributed by atoms with E-state index in [-0.39, 0.29) is 16.9 Å². The second-order valence-electron chi connectivity index (χ2n) is 5.47. The monoisotopic (exact) mass is 376 g/mol. The minimum Gasteiger partial charge on any atom is -0.497 e. The fraction of sp³-hybridized carbons (Fsp3) is 0.158. The smallest absolute Gasteiger partial charge is 0.251 e. The molecule has 0 fully saturated rings. The molecule has 2 aromatic rings. The number of nitrogens with one attached hydrogen (secondary N) is 2. The number of ether oxygens (including phenoxy) is 2. The van der Waals surface area contributed by atoms with E-state index in [0.29, 0.717) is 11.5 Å². The van der Waals surface area contributed by atoms with Crippen molar-refractivity contribution in [2.24, 2.45) is 0 Å². The molecule has 142 valence electrons. The van der Waals surface area contributed by atoms with Crippen molar-refractivity contribution in [1.29, 1.82) is 0 Å². The van der Waals surface area contributed by atoms with E-state index in [1.54, 1.807) is 0 Å². The number of halogens is 2. The van der Waals surface area contributed by atoms with Crippen molar-refractivity contribution in [3.05, 3.63) is 60.2 Å². The maximum absolute atomic E-state index is 13.8. The van der Waals surface area contributed by atoms with Gasteiger partial charge in [0.15, 0.2) is 0 Å². The van der Waals surface area contributed by atoms with E-state index in [1.165, 1.54) is 38.5 Å². The number of carbonyl (C=O) groups is 2. The standard InChI is InChI=1S/C19H18F2N2O4/c1-11(19(25)23-17-10-13(27-3)5-7-15(17)21)8-18(24)22-16-9-12(26-2)4-6-14(16)20/h4-7,9-10H,1,8H2,2-3H3,(H,22,24)(H,23,25). The average Bonchev–Trinajstić information content (AvgIpc) is 2.65. The summed E-state index contributed by atoms with van der Waals surface area (Å²) in [4.78, 5) is 24.2. The van der Waals surface area contributed by atoms with Crippen LogP contribution in [0.4, 0.5) is 20.2 Å². The van der Waals surface area contributed by atoms with Gasteiger partial charge in [-0.25, -0.2) is 8.78 Å². The largest absolute Gasteiger partial charge is 0.497 e. The SMILES string of the molecule is C=C(CC(=O)Nc1cc(OC)ccc1F)C(=O)Nc1cc(OC)ccc1F. The fourth-order valence-corrected chi connectivity index (χ4v) is 2.13. The van der Waals surface area contributed by atoms with Gasteiger partial charge in [0.2, 0.25) is 5.91 Å². The van der Waals surface area contributed by atoms with Gasteiger partial charge in [0.1, 0.15) is 23.1 Å². The number of hydrogen-bond acceptors (Lipinski definition) is 4. The highest BCUT2D eigenvalue weighted by molar-refractivity contribution is 6.08. The summed E-state index contributed by atoms with van der Waals surface area (Å²) in [6, 6.07) is 7.68. The Balaban J connectivity index is 2.00. The van der Waals surface area contributed by atoms with Crippen molar-refractivity contribution in [2.75, 3.05) is 24.9 Å². The summed E-state index contributed by atoms with van der Waals surface area (Å²) in [5.74, 6) is -2.02. The maximum atomic E-state index is 13.8. The Labute approximate surface area is 154 Å². The molecule has 0 unspecified atom stereocenters. The van der Waals surface area contributed by atoms with Crippen LogP contribution in [0.15, 0.2) is 48.6 Å². The predicted octanol–water partition coefficient (Wildman–Crippen LogP) is 3.51. The zero-order valence-corrected chi connectivity index (χ0v) is 14.8. The topological polar surface area (TPSA) is 76.7 Å². The summed E-state index contributed by atoms with van der Waals surface area (Å²) in [7, 11) is 2.81. The van der Waals surface area contributed by atoms with Gasteiger partial charge in [-0.3, -0.25) is 9.59 Å². The van der Waals surface area contributed by atoms with Crippen molar-refractivity contribution in [1.82, 2.24) is 0 Å². The molecule has 2 rings (SSSR count). The summed E-state index contributed by atoms with van der Waals surface area (Å²) in [6.45, 7) is 3.52. The normalized spacial score (nSPS) is 10.1. The summed E-state index contributed by atoms with van der Waals surface area (Å²) in [5.41, 5.74) is -0.329. The number of carbonyl (C=O) groups excluding carboxylic acids is 2. The lowest BCUT2D eigenvalue weighted by atomic mass is 10.1. The molecule has 2 aromatic carbocycles. The number of hydrogen-bond donors (Lipinski definition) is 2. The highest BCUT2D eigenvalue weighted by atomic mass is 19.1. The number of rotatable bonds is 7. The van der Waals surface area contributed by atoms with Gasteiger partial charge in [-0.05, 0) is 24.3 Å². The van der Waals surface area contributed by atoms with Crippen molar-refractivity contribution in [3.8, 4) is 11.5 Å². The third-order valence-electron chi connectivity index (χ3n) is 3.56. The Morgan fingerprint density at radius 2 is 1.41 bits per heavy atom. The van der Waals surface area contributed by atoms with E-state index >= 15 is 0 Å². The van der Waals surface area contributed by atoms with Crippen LogP contribution in [0.3, 0.4) is 0 Å². The third kappa shape index (κ3) is 5.27. The Hall–Kier alpha value is -3.42. The maximum Gasteiger partial charge on any atom is 0.251 e. The quantitative estimate of drug-likeness (QED) is 0.725. The molecule has 0 spiro atoms. The van der Waals surface area contributed by atoms with Gasteiger partial charge in [0, 0.05) is 17.7 Å². The van der Waals surface area contributed by atoms with Crippen LogP contribution >= 0.6 is 0 Å². The molecule has 27 heavy (non-hydrogen) atoms. The molecule has 0 aromatic heterocycles. The van der Waals surface area contributed by atoms with Gasteiger partial charge < -0.3 is 20.1 Å². The van der Waals surface area contributed by atoms with Gasteiger partial charge in [0.25, 0.3) is 5.91 Å². The van der Waals surface area contributed by atoms with E-state index in [0.717, 1.165) is 12.1 Å². The minimum atomic E-state index is -0.747. The zero-order valence-electron chi connectivity index (χ0n) is 14.8. The van der Waals surface area contributed by atoms with E-state index < -0.39 is 29.9 Å². The van der Waals surface area contributed by atoms with Crippen molar-refractivity contribution in [2.45, 2.75) is 6.42 Å². The van der Waals surface area contributed by atoms with Crippen LogP contribution in [-0.2, 0) is 9.59 Å². The lowest BCUT2D eigenvalue weighted by molar-refractivity contribution is -0.118. The molecule has 0 aliphatic carbocycles. The van der Waals surface area contributed by atoms with E-state index in [9.17, 15) is 18.4 Å². The predicted molar refractivity (Wildman–Crippen MR) is 96.9 cm³/mol. The number of amides is 2. The molecule has 0 saturated heterocycles. The summed E-state index contributed by atoms with van der Waals surface area (Å²) in [6.07, 6.45) is -0.409. The molecule has 2 amide bonds. The first-order valence-electron chi connectivity index (χ1n) is 7.80. The number of anilines is 2. The molecule has 8 heteroatoms. The molecule has 6 nitrogen and oxygen atoms in total. The van der Waals surface area contributed by atoms with E-state index in [2.05, 4.69) is 17.2 Å². The van der Waals surface area contributed by atoms with Crippen molar-refractivity contribution < 1.29 is 27.8 Å². The third-order valence-corrected chi connectivity index (χ3v) is 3.56. The van der Waals surface area contributed by atoms with Gasteiger partial charge in [0.05, 0.1) is 32.0 Å². The lowest BCUT2D eigenvalue weighted by Gasteiger charge is -2.11. The molecule has 0 aliphatic rings. The molecule has 0 saturated carbocycles. The second-order valence-corrected chi connectivity index (χ2v) is 5.47. The lowest BCUT2D eigenvalue weighted by Crippen LogP contribution is -2.20. The number of methoxy groups -OCH3 is 2. The first kappa shape index (κ1) is 19.9. The highest BCUT2D eigenvalue weighted by Gasteiger charge is 2.16. The molecule has 2 N–H and O–H groups in total. The summed E-state index contributed by atoms with van der Waals surface area (Å²) < 4.78 is 37.4. The van der Waals surface area contributed by atoms with Crippen LogP contribution in [-0.4, -0.2) is 26.0 Å². The van der Waals surface area contributed by atoms with Crippen molar-refractivity contribution in [3.63, 3.8) is 0 Å². The van der Waals surface area contributed by atoms with Crippen LogP contribution in [0, 0.1) is 11.6 Å². The Kier molecular flexibility index (Phi) is 6.48. The van der Waals surface area contributed by atoms with Gasteiger partial charge in [-0.2, -0.15) is 0 Å². The molecular formula is C19H18F2N2O4. The van der Waals surface area contributed by atoms with Gasteiger partial charge in [-0.15, -0.1) is 0 Å². The summed E-state index contributed by atoms with van der Waals surface area (Å²) in [5, 5.41) is 4.65. The zero-order chi connectivity index (χ0) is 20.0. The van der Waals surface area contributed by atoms with Crippen LogP contribution in [0.1, 0.15) is 6.42 Å². The van der Waals surface area contributed by atoms with Crippen LogP contribution in [0.5, 0.6) is 11.5 Å². The Morgan fingerprint density at radius 1 is 0.926 bits per heavy atom. The van der Waals surface area contributed by atoms with Crippen LogP contribution in [0.25, 0.3) is 0 Å². The molecule has 0 aliphatic heterocycles. The van der Waals surface area contributed by atoms with E-state index in [4.69, 9.17) is 9.47 Å². The van der Waals surface area contributed by atoms with Gasteiger partial charge >= 0.3 is 0 Å². The Bertz CT molecular complexity index is 884. The molecule has 0 radical (unpaired) electrons. The van der Waals surface area contributed by atoms with Gasteiger partial charge in [-0.1, -0.05) is 6.58 Å². The molecular weight excluding hydrogens is 358 g/mol. The molecule has 0 atom stereocenters. The summed E-state index contributed by atoms with van der Waals surface area (Å²) >= 11 is 0. The minimum absolute atomic E-state index is 0.0913. The van der Waals surface area contributed by atoms with Crippen molar-refractivity contribution >= 4 is 23.2 Å². The second kappa shape index (κ2) is 8.79. The fourth-order valence-electron chi connectivity index (χ4n) is 2.13. The van der Waals surface area contributed by atoms with Crippen LogP contribution in [0.2, 0.25) is 0 Å². The highest BCUT2D eigenvalue weighted by Crippen LogP contribution is 2.23. The Morgan fingerprint density at radius 3 is 1.89 bits per heavy atom. The van der Waals surface area contributed by atoms with Crippen LogP contribution < -0.4 is 20.1 Å².